The second-order valence-electron chi connectivity index (χ2n) is 7.77. The summed E-state index contributed by atoms with van der Waals surface area (Å²) >= 11 is 0. The van der Waals surface area contributed by atoms with Crippen molar-refractivity contribution in [1.29, 1.82) is 0 Å². The van der Waals surface area contributed by atoms with Crippen LogP contribution in [0.5, 0.6) is 5.75 Å². The van der Waals surface area contributed by atoms with Crippen molar-refractivity contribution in [3.63, 3.8) is 0 Å². The zero-order chi connectivity index (χ0) is 28.3. The number of aliphatic hydroxyl groups is 1. The minimum Gasteiger partial charge on any atom is -0.490 e. The zero-order valence-electron chi connectivity index (χ0n) is 21.8. The Kier molecular flexibility index (Phi) is 15.8. The van der Waals surface area contributed by atoms with Gasteiger partial charge in [0, 0.05) is 5.56 Å². The molecular formula is C27H34F2O10. The summed E-state index contributed by atoms with van der Waals surface area (Å²) in [5, 5.41) is 8.57. The van der Waals surface area contributed by atoms with Gasteiger partial charge in [0.1, 0.15) is 17.9 Å². The number of carbonyl (C=O) groups is 2. The van der Waals surface area contributed by atoms with Gasteiger partial charge in [0.15, 0.2) is 17.4 Å². The zero-order valence-corrected chi connectivity index (χ0v) is 21.8. The molecule has 12 heteroatoms. The molecule has 2 rings (SSSR count). The highest BCUT2D eigenvalue weighted by Crippen LogP contribution is 2.27. The minimum absolute atomic E-state index is 0.0131. The predicted octanol–water partition coefficient (Wildman–Crippen LogP) is 2.44. The van der Waals surface area contributed by atoms with Crippen LogP contribution in [0.4, 0.5) is 8.78 Å². The number of esters is 1. The molecule has 216 valence electrons. The molecule has 0 spiro atoms. The van der Waals surface area contributed by atoms with E-state index in [-0.39, 0.29) is 43.3 Å². The summed E-state index contributed by atoms with van der Waals surface area (Å²) in [7, 11) is 1.22. The van der Waals surface area contributed by atoms with Crippen LogP contribution in [0.3, 0.4) is 0 Å². The van der Waals surface area contributed by atoms with E-state index in [4.69, 9.17) is 33.5 Å². The molecule has 0 radical (unpaired) electrons. The fourth-order valence-electron chi connectivity index (χ4n) is 3.14. The van der Waals surface area contributed by atoms with E-state index in [1.165, 1.54) is 37.4 Å². The van der Waals surface area contributed by atoms with Crippen molar-refractivity contribution in [2.45, 2.75) is 0 Å². The normalized spacial score (nSPS) is 11.0. The standard InChI is InChI=1S/C27H34F2O10/c1-33-27(32)21-4-2-20(3-5-21)26(31)24-23(7-6-22(28)25(24)29)39-19-18-38-17-16-37-15-14-36-13-12-35-11-10-34-9-8-30/h2-7,30H,8-19H2,1H3. The van der Waals surface area contributed by atoms with Crippen LogP contribution in [0, 0.1) is 11.6 Å². The van der Waals surface area contributed by atoms with E-state index in [1.807, 2.05) is 0 Å². The maximum absolute atomic E-state index is 14.6. The Labute approximate surface area is 225 Å². The molecule has 1 N–H and O–H groups in total. The van der Waals surface area contributed by atoms with Gasteiger partial charge < -0.3 is 38.3 Å². The highest BCUT2D eigenvalue weighted by atomic mass is 19.2. The quantitative estimate of drug-likeness (QED) is 0.140. The SMILES string of the molecule is COC(=O)c1ccc(C(=O)c2c(OCCOCCOCCOCCOCCOCCO)ccc(F)c2F)cc1. The van der Waals surface area contributed by atoms with Gasteiger partial charge >= 0.3 is 5.97 Å². The van der Waals surface area contributed by atoms with Crippen molar-refractivity contribution in [2.75, 3.05) is 86.4 Å². The highest BCUT2D eigenvalue weighted by molar-refractivity contribution is 6.11. The van der Waals surface area contributed by atoms with Gasteiger partial charge in [0.05, 0.1) is 85.3 Å². The van der Waals surface area contributed by atoms with Crippen LogP contribution < -0.4 is 4.74 Å². The monoisotopic (exact) mass is 556 g/mol. The molecule has 0 heterocycles. The van der Waals surface area contributed by atoms with Gasteiger partial charge in [-0.15, -0.1) is 0 Å². The number of methoxy groups -OCH3 is 1. The number of benzene rings is 2. The van der Waals surface area contributed by atoms with Gasteiger partial charge in [-0.25, -0.2) is 13.6 Å². The van der Waals surface area contributed by atoms with Crippen LogP contribution in [0.25, 0.3) is 0 Å². The summed E-state index contributed by atoms with van der Waals surface area (Å²) in [6.45, 7) is 3.45. The van der Waals surface area contributed by atoms with Crippen LogP contribution >= 0.6 is 0 Å². The maximum Gasteiger partial charge on any atom is 0.337 e. The summed E-state index contributed by atoms with van der Waals surface area (Å²) in [5.41, 5.74) is -0.295. The third-order valence-electron chi connectivity index (χ3n) is 5.06. The molecule has 0 aliphatic heterocycles. The van der Waals surface area contributed by atoms with Gasteiger partial charge in [-0.2, -0.15) is 0 Å². The second-order valence-corrected chi connectivity index (χ2v) is 7.77. The summed E-state index contributed by atoms with van der Waals surface area (Å²) in [6.07, 6.45) is 0. The van der Waals surface area contributed by atoms with E-state index in [9.17, 15) is 18.4 Å². The van der Waals surface area contributed by atoms with Crippen molar-refractivity contribution in [1.82, 2.24) is 0 Å². The fourth-order valence-corrected chi connectivity index (χ4v) is 3.14. The van der Waals surface area contributed by atoms with Crippen molar-refractivity contribution in [2.24, 2.45) is 0 Å². The highest BCUT2D eigenvalue weighted by Gasteiger charge is 2.23. The number of carbonyl (C=O) groups excluding carboxylic acids is 2. The molecule has 0 aliphatic rings. The van der Waals surface area contributed by atoms with Crippen molar-refractivity contribution in [3.8, 4) is 5.75 Å². The Morgan fingerprint density at radius 1 is 0.667 bits per heavy atom. The van der Waals surface area contributed by atoms with E-state index in [1.54, 1.807) is 0 Å². The van der Waals surface area contributed by atoms with Crippen molar-refractivity contribution in [3.05, 3.63) is 64.7 Å². The number of ketones is 1. The predicted molar refractivity (Wildman–Crippen MR) is 134 cm³/mol. The Balaban J connectivity index is 1.65. The molecule has 2 aromatic carbocycles. The lowest BCUT2D eigenvalue weighted by atomic mass is 10.0. The first-order valence-corrected chi connectivity index (χ1v) is 12.3. The molecule has 0 saturated heterocycles. The second kappa shape index (κ2) is 19.1. The van der Waals surface area contributed by atoms with Gasteiger partial charge in [0.2, 0.25) is 0 Å². The summed E-state index contributed by atoms with van der Waals surface area (Å²) in [5.74, 6) is -4.04. The molecule has 39 heavy (non-hydrogen) atoms. The van der Waals surface area contributed by atoms with E-state index < -0.39 is 29.0 Å². The topological polar surface area (TPSA) is 119 Å². The molecule has 0 unspecified atom stereocenters. The van der Waals surface area contributed by atoms with Gasteiger partial charge in [0.25, 0.3) is 0 Å². The van der Waals surface area contributed by atoms with Gasteiger partial charge in [-0.1, -0.05) is 12.1 Å². The maximum atomic E-state index is 14.6. The number of ether oxygens (including phenoxy) is 7. The molecule has 0 bridgehead atoms. The third kappa shape index (κ3) is 11.7. The Morgan fingerprint density at radius 2 is 1.13 bits per heavy atom. The Bertz CT molecular complexity index is 1000. The van der Waals surface area contributed by atoms with E-state index in [0.717, 1.165) is 6.07 Å². The molecule has 0 aromatic heterocycles. The average Bonchev–Trinajstić information content (AvgIpc) is 2.95. The van der Waals surface area contributed by atoms with Gasteiger partial charge in [-0.05, 0) is 24.3 Å². The Morgan fingerprint density at radius 3 is 1.62 bits per heavy atom. The lowest BCUT2D eigenvalue weighted by molar-refractivity contribution is -0.0146. The van der Waals surface area contributed by atoms with E-state index in [2.05, 4.69) is 4.74 Å². The van der Waals surface area contributed by atoms with Crippen LogP contribution in [-0.2, 0) is 28.4 Å². The fraction of sp³-hybridized carbons (Fsp3) is 0.481. The smallest absolute Gasteiger partial charge is 0.337 e. The first-order chi connectivity index (χ1) is 19.0. The largest absolute Gasteiger partial charge is 0.490 e. The lowest BCUT2D eigenvalue weighted by Crippen LogP contribution is -2.15. The number of hydrogen-bond acceptors (Lipinski definition) is 10. The summed E-state index contributed by atoms with van der Waals surface area (Å²) in [4.78, 5) is 24.5. The third-order valence-corrected chi connectivity index (χ3v) is 5.06. The van der Waals surface area contributed by atoms with Crippen molar-refractivity contribution < 1.29 is 56.6 Å². The van der Waals surface area contributed by atoms with E-state index in [0.29, 0.717) is 52.9 Å². The Hall–Kier alpha value is -3.00. The van der Waals surface area contributed by atoms with Crippen LogP contribution in [-0.4, -0.2) is 103 Å². The van der Waals surface area contributed by atoms with Crippen LogP contribution in [0.15, 0.2) is 36.4 Å². The molecule has 10 nitrogen and oxygen atoms in total. The molecular weight excluding hydrogens is 522 g/mol. The molecule has 0 aliphatic carbocycles. The molecule has 0 saturated carbocycles. The number of rotatable bonds is 21. The molecule has 0 fully saturated rings. The molecule has 0 atom stereocenters. The van der Waals surface area contributed by atoms with Crippen LogP contribution in [0.2, 0.25) is 0 Å². The van der Waals surface area contributed by atoms with E-state index >= 15 is 0 Å². The first kappa shape index (κ1) is 32.2. The molecule has 2 aromatic rings. The lowest BCUT2D eigenvalue weighted by Gasteiger charge is -2.13. The number of halogens is 2. The number of hydrogen-bond donors (Lipinski definition) is 1. The van der Waals surface area contributed by atoms with Gasteiger partial charge in [-0.3, -0.25) is 4.79 Å². The minimum atomic E-state index is -1.33. The molecule has 0 amide bonds. The average molecular weight is 557 g/mol. The first-order valence-electron chi connectivity index (χ1n) is 12.3. The summed E-state index contributed by atoms with van der Waals surface area (Å²) in [6, 6.07) is 7.40. The number of aliphatic hydroxyl groups excluding tert-OH is 1. The van der Waals surface area contributed by atoms with Crippen LogP contribution in [0.1, 0.15) is 26.3 Å². The summed E-state index contributed by atoms with van der Waals surface area (Å²) < 4.78 is 65.0. The van der Waals surface area contributed by atoms with Crippen molar-refractivity contribution >= 4 is 11.8 Å².